The Morgan fingerprint density at radius 3 is 1.32 bits per heavy atom. The molecule has 0 saturated heterocycles. The van der Waals surface area contributed by atoms with Crippen LogP contribution >= 0.6 is 0 Å². The normalized spacial score (nSPS) is 11.8. The van der Waals surface area contributed by atoms with Gasteiger partial charge in [-0.25, -0.2) is 0 Å². The zero-order chi connectivity index (χ0) is 41.7. The molecular formula is C60H42N2Si. The lowest BCUT2D eigenvalue weighted by atomic mass is 9.94. The Morgan fingerprint density at radius 1 is 0.270 bits per heavy atom. The van der Waals surface area contributed by atoms with Gasteiger partial charge in [0.15, 0.2) is 8.07 Å². The minimum atomic E-state index is -2.77. The van der Waals surface area contributed by atoms with Gasteiger partial charge in [-0.1, -0.05) is 218 Å². The molecule has 0 atom stereocenters. The number of para-hydroxylation sites is 3. The van der Waals surface area contributed by atoms with Crippen LogP contribution in [0.2, 0.25) is 0 Å². The minimum absolute atomic E-state index is 1.12. The SMILES string of the molecule is c1ccc(-c2ccc(-n3c4ccccc4c4cccc(-n5c6ccccc6c6cc([Si](c7ccccc7)(c7ccccc7)c7ccccc7)ccc65)c43)cc2-c2ccccc2)cc1. The van der Waals surface area contributed by atoms with Gasteiger partial charge in [0, 0.05) is 27.2 Å². The van der Waals surface area contributed by atoms with E-state index in [1.54, 1.807) is 0 Å². The van der Waals surface area contributed by atoms with E-state index in [-0.39, 0.29) is 0 Å². The average Bonchev–Trinajstić information content (AvgIpc) is 3.89. The van der Waals surface area contributed by atoms with Gasteiger partial charge in [-0.05, 0) is 79.4 Å². The van der Waals surface area contributed by atoms with Crippen molar-refractivity contribution in [1.29, 1.82) is 0 Å². The predicted molar refractivity (Wildman–Crippen MR) is 270 cm³/mol. The van der Waals surface area contributed by atoms with Crippen LogP contribution < -0.4 is 20.7 Å². The van der Waals surface area contributed by atoms with Gasteiger partial charge in [0.2, 0.25) is 0 Å². The second-order valence-electron chi connectivity index (χ2n) is 16.4. The highest BCUT2D eigenvalue weighted by molar-refractivity contribution is 7.20. The van der Waals surface area contributed by atoms with E-state index in [0.29, 0.717) is 0 Å². The fraction of sp³-hybridized carbons (Fsp3) is 0. The van der Waals surface area contributed by atoms with Crippen LogP contribution in [0, 0.1) is 0 Å². The number of nitrogens with zero attached hydrogens (tertiary/aromatic N) is 2. The van der Waals surface area contributed by atoms with Crippen molar-refractivity contribution >= 4 is 72.4 Å². The first-order chi connectivity index (χ1) is 31.3. The molecule has 3 heteroatoms. The molecular weight excluding hydrogens is 777 g/mol. The lowest BCUT2D eigenvalue weighted by Gasteiger charge is -2.34. The molecule has 2 aromatic heterocycles. The molecule has 10 aromatic carbocycles. The summed E-state index contributed by atoms with van der Waals surface area (Å²) in [6, 6.07) is 94.2. The van der Waals surface area contributed by atoms with Gasteiger partial charge in [-0.15, -0.1) is 0 Å². The van der Waals surface area contributed by atoms with Crippen LogP contribution in [0.1, 0.15) is 0 Å². The summed E-state index contributed by atoms with van der Waals surface area (Å²) in [6.45, 7) is 0. The Balaban J connectivity index is 1.15. The number of hydrogen-bond acceptors (Lipinski definition) is 0. The van der Waals surface area contributed by atoms with Crippen LogP contribution in [0.5, 0.6) is 0 Å². The van der Waals surface area contributed by atoms with Gasteiger partial charge in [-0.3, -0.25) is 0 Å². The van der Waals surface area contributed by atoms with Gasteiger partial charge >= 0.3 is 0 Å². The third-order valence-electron chi connectivity index (χ3n) is 13.1. The van der Waals surface area contributed by atoms with Crippen molar-refractivity contribution in [1.82, 2.24) is 9.13 Å². The molecule has 0 radical (unpaired) electrons. The molecule has 63 heavy (non-hydrogen) atoms. The molecule has 12 rings (SSSR count). The van der Waals surface area contributed by atoms with Crippen molar-refractivity contribution in [2.24, 2.45) is 0 Å². The highest BCUT2D eigenvalue weighted by Gasteiger charge is 2.41. The molecule has 0 spiro atoms. The third-order valence-corrected chi connectivity index (χ3v) is 17.8. The van der Waals surface area contributed by atoms with E-state index in [0.717, 1.165) is 11.4 Å². The van der Waals surface area contributed by atoms with Crippen LogP contribution in [0.15, 0.2) is 255 Å². The lowest BCUT2D eigenvalue weighted by Crippen LogP contribution is -2.74. The lowest BCUT2D eigenvalue weighted by molar-refractivity contribution is 1.13. The summed E-state index contributed by atoms with van der Waals surface area (Å²) in [5.74, 6) is 0. The summed E-state index contributed by atoms with van der Waals surface area (Å²) < 4.78 is 5.01. The monoisotopic (exact) mass is 818 g/mol. The summed E-state index contributed by atoms with van der Waals surface area (Å²) in [6.07, 6.45) is 0. The van der Waals surface area contributed by atoms with Gasteiger partial charge < -0.3 is 9.13 Å². The summed E-state index contributed by atoms with van der Waals surface area (Å²) in [5.41, 5.74) is 11.8. The Labute approximate surface area is 368 Å². The van der Waals surface area contributed by atoms with Gasteiger partial charge in [0.25, 0.3) is 0 Å². The van der Waals surface area contributed by atoms with Crippen molar-refractivity contribution in [3.05, 3.63) is 255 Å². The van der Waals surface area contributed by atoms with Gasteiger partial charge in [-0.2, -0.15) is 0 Å². The number of rotatable bonds is 8. The first-order valence-corrected chi connectivity index (χ1v) is 23.8. The van der Waals surface area contributed by atoms with Gasteiger partial charge in [0.1, 0.15) is 0 Å². The molecule has 0 aliphatic heterocycles. The van der Waals surface area contributed by atoms with Crippen molar-refractivity contribution in [3.8, 4) is 33.6 Å². The molecule has 0 fully saturated rings. The molecule has 0 bridgehead atoms. The quantitative estimate of drug-likeness (QED) is 0.107. The van der Waals surface area contributed by atoms with E-state index in [2.05, 4.69) is 264 Å². The van der Waals surface area contributed by atoms with Crippen LogP contribution in [0.3, 0.4) is 0 Å². The molecule has 12 aromatic rings. The highest BCUT2D eigenvalue weighted by atomic mass is 28.3. The second kappa shape index (κ2) is 15.2. The zero-order valence-corrected chi connectivity index (χ0v) is 35.6. The maximum atomic E-state index is 2.53. The molecule has 0 unspecified atom stereocenters. The Kier molecular flexibility index (Phi) is 8.87. The van der Waals surface area contributed by atoms with Crippen molar-refractivity contribution in [2.75, 3.05) is 0 Å². The molecule has 2 heterocycles. The van der Waals surface area contributed by atoms with Crippen LogP contribution in [-0.2, 0) is 0 Å². The standard InChI is InChI=1S/C60H42N2Si/c1-6-21-43(22-7-1)50-39-37-45(41-54(50)44-23-8-2-9-24-44)61-56-34-18-16-31-51(56)53-33-20-36-59(60(53)61)62-57-35-19-17-32-52(57)55-42-49(38-40-58(55)62)63(46-25-10-3-11-26-46,47-27-12-4-13-28-47)48-29-14-5-15-30-48/h1-42H. The second-order valence-corrected chi connectivity index (χ2v) is 20.2. The van der Waals surface area contributed by atoms with Crippen LogP contribution in [-0.4, -0.2) is 17.2 Å². The molecule has 0 aliphatic rings. The topological polar surface area (TPSA) is 9.86 Å². The van der Waals surface area contributed by atoms with Crippen molar-refractivity contribution in [3.63, 3.8) is 0 Å². The first-order valence-electron chi connectivity index (χ1n) is 21.8. The van der Waals surface area contributed by atoms with Crippen LogP contribution in [0.25, 0.3) is 77.2 Å². The number of hydrogen-bond donors (Lipinski definition) is 0. The first kappa shape index (κ1) is 36.8. The van der Waals surface area contributed by atoms with E-state index >= 15 is 0 Å². The third kappa shape index (κ3) is 5.85. The molecule has 2 nitrogen and oxygen atoms in total. The number of benzene rings is 10. The predicted octanol–water partition coefficient (Wildman–Crippen LogP) is 12.6. The summed E-state index contributed by atoms with van der Waals surface area (Å²) in [4.78, 5) is 0. The number of fused-ring (bicyclic) bond motifs is 6. The zero-order valence-electron chi connectivity index (χ0n) is 34.6. The average molecular weight is 819 g/mol. The fourth-order valence-corrected chi connectivity index (χ4v) is 15.1. The maximum Gasteiger partial charge on any atom is 0.179 e. The summed E-state index contributed by atoms with van der Waals surface area (Å²) in [7, 11) is -2.77. The van der Waals surface area contributed by atoms with E-state index in [1.165, 1.54) is 86.6 Å². The van der Waals surface area contributed by atoms with E-state index in [1.807, 2.05) is 0 Å². The number of aromatic nitrogens is 2. The van der Waals surface area contributed by atoms with Crippen molar-refractivity contribution < 1.29 is 0 Å². The van der Waals surface area contributed by atoms with E-state index in [9.17, 15) is 0 Å². The summed E-state index contributed by atoms with van der Waals surface area (Å²) >= 11 is 0. The van der Waals surface area contributed by atoms with E-state index in [4.69, 9.17) is 0 Å². The largest absolute Gasteiger partial charge is 0.307 e. The van der Waals surface area contributed by atoms with E-state index < -0.39 is 8.07 Å². The Hall–Kier alpha value is -7.98. The summed E-state index contributed by atoms with van der Waals surface area (Å²) in [5, 5.41) is 10.4. The molecule has 0 amide bonds. The maximum absolute atomic E-state index is 2.77. The smallest absolute Gasteiger partial charge is 0.179 e. The highest BCUT2D eigenvalue weighted by Crippen LogP contribution is 2.41. The Morgan fingerprint density at radius 2 is 0.730 bits per heavy atom. The van der Waals surface area contributed by atoms with Crippen molar-refractivity contribution in [2.45, 2.75) is 0 Å². The molecule has 0 aliphatic carbocycles. The molecule has 296 valence electrons. The molecule has 0 saturated carbocycles. The fourth-order valence-electron chi connectivity index (χ4n) is 10.4. The Bertz CT molecular complexity index is 3500. The van der Waals surface area contributed by atoms with Crippen LogP contribution in [0.4, 0.5) is 0 Å². The molecule has 0 N–H and O–H groups in total. The van der Waals surface area contributed by atoms with Gasteiger partial charge in [0.05, 0.1) is 27.8 Å². The minimum Gasteiger partial charge on any atom is -0.307 e.